The predicted molar refractivity (Wildman–Crippen MR) is 32.5 cm³/mol. The SMILES string of the molecule is NC1CCC[C@@H](O)C1. The molecule has 0 aromatic heterocycles. The molecule has 0 aromatic rings. The quantitative estimate of drug-likeness (QED) is 0.475. The Labute approximate surface area is 49.7 Å². The first-order chi connectivity index (χ1) is 3.79. The molecule has 1 unspecified atom stereocenters. The molecule has 0 aliphatic heterocycles. The highest BCUT2D eigenvalue weighted by atomic mass is 16.3. The van der Waals surface area contributed by atoms with Crippen LogP contribution in [0.3, 0.4) is 0 Å². The Kier molecular flexibility index (Phi) is 1.86. The highest BCUT2D eigenvalue weighted by molar-refractivity contribution is 4.73. The predicted octanol–water partition coefficient (Wildman–Crippen LogP) is 0.249. The van der Waals surface area contributed by atoms with Crippen molar-refractivity contribution in [3.63, 3.8) is 0 Å². The summed E-state index contributed by atoms with van der Waals surface area (Å²) in [6.45, 7) is 0. The van der Waals surface area contributed by atoms with Crippen LogP contribution in [0.15, 0.2) is 0 Å². The van der Waals surface area contributed by atoms with E-state index in [1.165, 1.54) is 0 Å². The zero-order valence-electron chi connectivity index (χ0n) is 5.01. The molecule has 2 atom stereocenters. The van der Waals surface area contributed by atoms with E-state index in [-0.39, 0.29) is 12.1 Å². The van der Waals surface area contributed by atoms with Gasteiger partial charge in [-0.1, -0.05) is 0 Å². The lowest BCUT2D eigenvalue weighted by molar-refractivity contribution is 0.120. The molecular formula is C6H13NO. The van der Waals surface area contributed by atoms with Gasteiger partial charge >= 0.3 is 0 Å². The summed E-state index contributed by atoms with van der Waals surface area (Å²) in [6.07, 6.45) is 3.84. The molecule has 1 aliphatic carbocycles. The standard InChI is InChI=1S/C6H13NO/c7-5-2-1-3-6(8)4-5/h5-6,8H,1-4,7H2/t5?,6-/m1/s1. The van der Waals surface area contributed by atoms with Gasteiger partial charge in [-0.25, -0.2) is 0 Å². The zero-order valence-corrected chi connectivity index (χ0v) is 5.01. The van der Waals surface area contributed by atoms with Crippen LogP contribution in [-0.2, 0) is 0 Å². The number of hydrogen-bond donors (Lipinski definition) is 2. The first-order valence-corrected chi connectivity index (χ1v) is 3.22. The number of aliphatic hydroxyl groups excluding tert-OH is 1. The molecule has 0 radical (unpaired) electrons. The highest BCUT2D eigenvalue weighted by Crippen LogP contribution is 2.15. The van der Waals surface area contributed by atoms with Gasteiger partial charge in [0.2, 0.25) is 0 Å². The lowest BCUT2D eigenvalue weighted by Crippen LogP contribution is -2.30. The maximum absolute atomic E-state index is 9.00. The lowest BCUT2D eigenvalue weighted by Gasteiger charge is -2.21. The molecule has 0 bridgehead atoms. The van der Waals surface area contributed by atoms with E-state index in [1.54, 1.807) is 0 Å². The van der Waals surface area contributed by atoms with Crippen molar-refractivity contribution in [2.45, 2.75) is 37.8 Å². The third-order valence-electron chi connectivity index (χ3n) is 1.69. The first kappa shape index (κ1) is 6.05. The largest absolute Gasteiger partial charge is 0.393 e. The highest BCUT2D eigenvalue weighted by Gasteiger charge is 2.15. The summed E-state index contributed by atoms with van der Waals surface area (Å²) in [5, 5.41) is 9.00. The average Bonchev–Trinajstić information content (AvgIpc) is 1.64. The number of aliphatic hydroxyl groups is 1. The summed E-state index contributed by atoms with van der Waals surface area (Å²) in [4.78, 5) is 0. The van der Waals surface area contributed by atoms with Crippen LogP contribution in [0.1, 0.15) is 25.7 Å². The molecule has 2 heteroatoms. The summed E-state index contributed by atoms with van der Waals surface area (Å²) in [5.41, 5.74) is 5.57. The number of hydrogen-bond acceptors (Lipinski definition) is 2. The van der Waals surface area contributed by atoms with Crippen LogP contribution in [0.2, 0.25) is 0 Å². The number of nitrogens with two attached hydrogens (primary N) is 1. The van der Waals surface area contributed by atoms with E-state index in [4.69, 9.17) is 10.8 Å². The summed E-state index contributed by atoms with van der Waals surface area (Å²) in [7, 11) is 0. The van der Waals surface area contributed by atoms with Gasteiger partial charge in [0.15, 0.2) is 0 Å². The average molecular weight is 115 g/mol. The molecule has 1 rings (SSSR count). The molecule has 48 valence electrons. The van der Waals surface area contributed by atoms with Gasteiger partial charge in [0.1, 0.15) is 0 Å². The summed E-state index contributed by atoms with van der Waals surface area (Å²) >= 11 is 0. The smallest absolute Gasteiger partial charge is 0.0555 e. The summed E-state index contributed by atoms with van der Waals surface area (Å²) in [6, 6.07) is 0.263. The van der Waals surface area contributed by atoms with E-state index in [0.717, 1.165) is 25.7 Å². The Morgan fingerprint density at radius 3 is 2.50 bits per heavy atom. The van der Waals surface area contributed by atoms with Gasteiger partial charge in [-0.2, -0.15) is 0 Å². The molecule has 1 saturated carbocycles. The summed E-state index contributed by atoms with van der Waals surface area (Å²) < 4.78 is 0. The first-order valence-electron chi connectivity index (χ1n) is 3.22. The van der Waals surface area contributed by atoms with Gasteiger partial charge in [-0.05, 0) is 25.7 Å². The monoisotopic (exact) mass is 115 g/mol. The Morgan fingerprint density at radius 2 is 2.12 bits per heavy atom. The van der Waals surface area contributed by atoms with Crippen molar-refractivity contribution in [2.75, 3.05) is 0 Å². The van der Waals surface area contributed by atoms with Crippen LogP contribution in [0.25, 0.3) is 0 Å². The molecule has 0 aromatic carbocycles. The van der Waals surface area contributed by atoms with Crippen LogP contribution in [0, 0.1) is 0 Å². The molecule has 1 fully saturated rings. The molecule has 1 aliphatic rings. The second kappa shape index (κ2) is 2.46. The van der Waals surface area contributed by atoms with Crippen LogP contribution in [-0.4, -0.2) is 17.3 Å². The number of rotatable bonds is 0. The van der Waals surface area contributed by atoms with Crippen molar-refractivity contribution in [1.29, 1.82) is 0 Å². The van der Waals surface area contributed by atoms with E-state index in [1.807, 2.05) is 0 Å². The van der Waals surface area contributed by atoms with Crippen molar-refractivity contribution < 1.29 is 5.11 Å². The van der Waals surface area contributed by atoms with Gasteiger partial charge in [-0.15, -0.1) is 0 Å². The normalized spacial score (nSPS) is 39.8. The zero-order chi connectivity index (χ0) is 5.98. The fourth-order valence-corrected chi connectivity index (χ4v) is 1.20. The summed E-state index contributed by atoms with van der Waals surface area (Å²) in [5.74, 6) is 0. The van der Waals surface area contributed by atoms with Crippen molar-refractivity contribution >= 4 is 0 Å². The topological polar surface area (TPSA) is 46.2 Å². The molecule has 0 spiro atoms. The van der Waals surface area contributed by atoms with Gasteiger partial charge < -0.3 is 10.8 Å². The maximum Gasteiger partial charge on any atom is 0.0555 e. The van der Waals surface area contributed by atoms with Gasteiger partial charge in [-0.3, -0.25) is 0 Å². The van der Waals surface area contributed by atoms with E-state index < -0.39 is 0 Å². The molecule has 0 amide bonds. The molecule has 8 heavy (non-hydrogen) atoms. The van der Waals surface area contributed by atoms with Gasteiger partial charge in [0.25, 0.3) is 0 Å². The molecule has 2 nitrogen and oxygen atoms in total. The van der Waals surface area contributed by atoms with E-state index >= 15 is 0 Å². The van der Waals surface area contributed by atoms with Crippen molar-refractivity contribution in [3.05, 3.63) is 0 Å². The molecule has 3 N–H and O–H groups in total. The van der Waals surface area contributed by atoms with Crippen molar-refractivity contribution in [2.24, 2.45) is 5.73 Å². The van der Waals surface area contributed by atoms with E-state index in [2.05, 4.69) is 0 Å². The van der Waals surface area contributed by atoms with Crippen LogP contribution in [0.4, 0.5) is 0 Å². The third kappa shape index (κ3) is 1.46. The fourth-order valence-electron chi connectivity index (χ4n) is 1.20. The minimum Gasteiger partial charge on any atom is -0.393 e. The Bertz CT molecular complexity index is 66.9. The second-order valence-electron chi connectivity index (χ2n) is 2.58. The fraction of sp³-hybridized carbons (Fsp3) is 1.00. The van der Waals surface area contributed by atoms with Crippen molar-refractivity contribution in [3.8, 4) is 0 Å². The maximum atomic E-state index is 9.00. The van der Waals surface area contributed by atoms with E-state index in [0.29, 0.717) is 0 Å². The van der Waals surface area contributed by atoms with Gasteiger partial charge in [0.05, 0.1) is 6.10 Å². The van der Waals surface area contributed by atoms with Crippen LogP contribution in [0.5, 0.6) is 0 Å². The minimum atomic E-state index is -0.112. The Balaban J connectivity index is 2.23. The van der Waals surface area contributed by atoms with E-state index in [9.17, 15) is 0 Å². The lowest BCUT2D eigenvalue weighted by atomic mass is 9.94. The second-order valence-corrected chi connectivity index (χ2v) is 2.58. The van der Waals surface area contributed by atoms with Gasteiger partial charge in [0, 0.05) is 6.04 Å². The van der Waals surface area contributed by atoms with Crippen LogP contribution < -0.4 is 5.73 Å². The minimum absolute atomic E-state index is 0.112. The molecular weight excluding hydrogens is 102 g/mol. The molecule has 0 saturated heterocycles. The Hall–Kier alpha value is -0.0800. The third-order valence-corrected chi connectivity index (χ3v) is 1.69. The molecule has 0 heterocycles. The Morgan fingerprint density at radius 1 is 1.38 bits per heavy atom. The van der Waals surface area contributed by atoms with Crippen molar-refractivity contribution in [1.82, 2.24) is 0 Å². The van der Waals surface area contributed by atoms with Crippen LogP contribution >= 0.6 is 0 Å².